The number of alkyl halides is 2. The third-order valence-corrected chi connectivity index (χ3v) is 4.68. The number of nitrogens with two attached hydrogens (primary N) is 1. The number of carbonyl (C=O) groups is 1. The van der Waals surface area contributed by atoms with Crippen LogP contribution in [0.25, 0.3) is 0 Å². The van der Waals surface area contributed by atoms with Crippen LogP contribution in [-0.4, -0.2) is 41.6 Å². The predicted molar refractivity (Wildman–Crippen MR) is 98.6 cm³/mol. The molecule has 0 spiro atoms. The molecule has 0 radical (unpaired) electrons. The van der Waals surface area contributed by atoms with Crippen molar-refractivity contribution in [1.82, 2.24) is 4.90 Å². The van der Waals surface area contributed by atoms with Crippen LogP contribution < -0.4 is 11.1 Å². The third-order valence-electron chi connectivity index (χ3n) is 4.11. The Kier molecular flexibility index (Phi) is 6.53. The number of aliphatic imine (C=N–C) groups is 1. The SMILES string of the molecule is CC(/C=C(\N)[C@H]1CN(C)C(=S)[C@@H]1C(=O)Nc1cccc(F)c1F)=N\C(F)F. The molecule has 1 heterocycles. The van der Waals surface area contributed by atoms with Gasteiger partial charge >= 0.3 is 6.55 Å². The Morgan fingerprint density at radius 1 is 1.44 bits per heavy atom. The number of allylic oxidation sites excluding steroid dienone is 1. The van der Waals surface area contributed by atoms with Crippen molar-refractivity contribution in [2.75, 3.05) is 18.9 Å². The largest absolute Gasteiger partial charge is 0.402 e. The maximum Gasteiger partial charge on any atom is 0.332 e. The van der Waals surface area contributed by atoms with E-state index in [1.165, 1.54) is 25.1 Å². The lowest BCUT2D eigenvalue weighted by atomic mass is 9.91. The van der Waals surface area contributed by atoms with Crippen molar-refractivity contribution in [2.24, 2.45) is 22.6 Å². The van der Waals surface area contributed by atoms with Crippen LogP contribution in [0, 0.1) is 23.5 Å². The first-order chi connectivity index (χ1) is 12.6. The van der Waals surface area contributed by atoms with Crippen molar-refractivity contribution in [3.63, 3.8) is 0 Å². The molecule has 0 unspecified atom stereocenters. The topological polar surface area (TPSA) is 70.7 Å². The number of likely N-dealkylation sites (tertiary alicyclic amines) is 1. The van der Waals surface area contributed by atoms with Gasteiger partial charge in [-0.05, 0) is 25.1 Å². The highest BCUT2D eigenvalue weighted by Crippen LogP contribution is 2.30. The van der Waals surface area contributed by atoms with E-state index in [-0.39, 0.29) is 28.6 Å². The first kappa shape index (κ1) is 20.8. The fraction of sp³-hybridized carbons (Fsp3) is 0.353. The van der Waals surface area contributed by atoms with Crippen LogP contribution in [0.5, 0.6) is 0 Å². The van der Waals surface area contributed by atoms with E-state index in [0.29, 0.717) is 0 Å². The van der Waals surface area contributed by atoms with Crippen LogP contribution in [0.2, 0.25) is 0 Å². The second kappa shape index (κ2) is 8.47. The molecule has 0 bridgehead atoms. The van der Waals surface area contributed by atoms with E-state index < -0.39 is 35.9 Å². The highest BCUT2D eigenvalue weighted by molar-refractivity contribution is 7.80. The van der Waals surface area contributed by atoms with Crippen molar-refractivity contribution in [1.29, 1.82) is 0 Å². The van der Waals surface area contributed by atoms with Gasteiger partial charge in [0.25, 0.3) is 0 Å². The van der Waals surface area contributed by atoms with Gasteiger partial charge in [0.2, 0.25) is 5.91 Å². The number of benzene rings is 1. The normalized spacial score (nSPS) is 21.1. The van der Waals surface area contributed by atoms with Crippen molar-refractivity contribution >= 4 is 34.5 Å². The molecule has 1 aliphatic rings. The van der Waals surface area contributed by atoms with E-state index in [4.69, 9.17) is 18.0 Å². The van der Waals surface area contributed by atoms with Crippen molar-refractivity contribution < 1.29 is 22.4 Å². The molecular weight excluding hydrogens is 384 g/mol. The summed E-state index contributed by atoms with van der Waals surface area (Å²) in [6.07, 6.45) is 1.25. The average Bonchev–Trinajstić information content (AvgIpc) is 2.86. The second-order valence-electron chi connectivity index (χ2n) is 6.09. The number of thiocarbonyl (C=S) groups is 1. The number of nitrogens with one attached hydrogen (secondary N) is 1. The molecule has 3 N–H and O–H groups in total. The number of anilines is 1. The molecule has 27 heavy (non-hydrogen) atoms. The van der Waals surface area contributed by atoms with E-state index >= 15 is 0 Å². The number of nitrogens with zero attached hydrogens (tertiary/aromatic N) is 2. The van der Waals surface area contributed by atoms with Gasteiger partial charge in [-0.25, -0.2) is 13.8 Å². The van der Waals surface area contributed by atoms with Crippen molar-refractivity contribution in [3.05, 3.63) is 41.6 Å². The monoisotopic (exact) mass is 402 g/mol. The molecule has 146 valence electrons. The lowest BCUT2D eigenvalue weighted by Crippen LogP contribution is -2.34. The minimum absolute atomic E-state index is 0.00157. The van der Waals surface area contributed by atoms with Gasteiger partial charge in [-0.2, -0.15) is 8.78 Å². The Morgan fingerprint density at radius 3 is 2.74 bits per heavy atom. The molecule has 2 atom stereocenters. The summed E-state index contributed by atoms with van der Waals surface area (Å²) in [5, 5.41) is 2.31. The van der Waals surface area contributed by atoms with Crippen molar-refractivity contribution in [2.45, 2.75) is 13.5 Å². The Hall–Kier alpha value is -2.49. The zero-order valence-electron chi connectivity index (χ0n) is 14.5. The summed E-state index contributed by atoms with van der Waals surface area (Å²) in [6.45, 7) is -1.25. The molecule has 1 aromatic carbocycles. The molecule has 2 rings (SSSR count). The van der Waals surface area contributed by atoms with Gasteiger partial charge in [0.1, 0.15) is 0 Å². The molecule has 10 heteroatoms. The maximum absolute atomic E-state index is 13.8. The Morgan fingerprint density at radius 2 is 2.11 bits per heavy atom. The predicted octanol–water partition coefficient (Wildman–Crippen LogP) is 2.93. The first-order valence-electron chi connectivity index (χ1n) is 7.91. The molecule has 1 amide bonds. The summed E-state index contributed by atoms with van der Waals surface area (Å²) in [7, 11) is 1.65. The highest BCUT2D eigenvalue weighted by Gasteiger charge is 2.42. The van der Waals surface area contributed by atoms with Crippen LogP contribution >= 0.6 is 12.2 Å². The number of carbonyl (C=O) groups excluding carboxylic acids is 1. The number of hydrogen-bond acceptors (Lipinski definition) is 4. The fourth-order valence-electron chi connectivity index (χ4n) is 2.84. The van der Waals surface area contributed by atoms with Crippen LogP contribution in [0.15, 0.2) is 35.0 Å². The molecule has 1 aromatic rings. The van der Waals surface area contributed by atoms with E-state index in [2.05, 4.69) is 10.3 Å². The maximum atomic E-state index is 13.8. The summed E-state index contributed by atoms with van der Waals surface area (Å²) in [6, 6.07) is 3.39. The van der Waals surface area contributed by atoms with Gasteiger partial charge in [0.05, 0.1) is 16.6 Å². The molecule has 0 saturated carbocycles. The third kappa shape index (κ3) is 4.82. The van der Waals surface area contributed by atoms with Crippen LogP contribution in [0.4, 0.5) is 23.2 Å². The Bertz CT molecular complexity index is 812. The highest BCUT2D eigenvalue weighted by atomic mass is 32.1. The lowest BCUT2D eigenvalue weighted by Gasteiger charge is -2.18. The van der Waals surface area contributed by atoms with E-state index in [1.54, 1.807) is 11.9 Å². The zero-order chi connectivity index (χ0) is 20.3. The summed E-state index contributed by atoms with van der Waals surface area (Å²) < 4.78 is 51.8. The number of amides is 1. The fourth-order valence-corrected chi connectivity index (χ4v) is 3.19. The summed E-state index contributed by atoms with van der Waals surface area (Å²) in [5.41, 5.74) is 5.81. The van der Waals surface area contributed by atoms with Gasteiger partial charge in [0.15, 0.2) is 11.6 Å². The summed E-state index contributed by atoms with van der Waals surface area (Å²) >= 11 is 5.26. The zero-order valence-corrected chi connectivity index (χ0v) is 15.4. The molecule has 5 nitrogen and oxygen atoms in total. The number of rotatable bonds is 5. The Balaban J connectivity index is 2.28. The molecular formula is C17H18F4N4OS. The van der Waals surface area contributed by atoms with Gasteiger partial charge in [-0.15, -0.1) is 0 Å². The number of halogens is 4. The molecule has 1 fully saturated rings. The molecule has 1 aliphatic heterocycles. The average molecular weight is 402 g/mol. The van der Waals surface area contributed by atoms with Crippen LogP contribution in [0.1, 0.15) is 6.92 Å². The van der Waals surface area contributed by atoms with Gasteiger partial charge in [-0.3, -0.25) is 4.79 Å². The second-order valence-corrected chi connectivity index (χ2v) is 6.50. The molecule has 1 saturated heterocycles. The van der Waals surface area contributed by atoms with E-state index in [1.807, 2.05) is 0 Å². The number of hydrogen-bond donors (Lipinski definition) is 2. The summed E-state index contributed by atoms with van der Waals surface area (Å²) in [4.78, 5) is 17.6. The lowest BCUT2D eigenvalue weighted by molar-refractivity contribution is -0.118. The standard InChI is InChI=1S/C17H18F4N4OS/c1-8(23-17(20)21)6-11(22)9-7-25(2)16(27)13(9)15(26)24-12-5-3-4-10(18)14(12)19/h3-6,9,13,17H,7,22H2,1-2H3,(H,24,26)/b11-6-,23-8+/t9-,13+/m1/s1. The minimum atomic E-state index is -2.88. The van der Waals surface area contributed by atoms with Gasteiger partial charge in [0, 0.05) is 30.9 Å². The summed E-state index contributed by atoms with van der Waals surface area (Å²) in [5.74, 6) is -4.53. The van der Waals surface area contributed by atoms with Gasteiger partial charge < -0.3 is 16.0 Å². The Labute approximate surface area is 158 Å². The van der Waals surface area contributed by atoms with E-state index in [0.717, 1.165) is 6.07 Å². The van der Waals surface area contributed by atoms with Crippen LogP contribution in [-0.2, 0) is 4.79 Å². The van der Waals surface area contributed by atoms with Gasteiger partial charge in [-0.1, -0.05) is 18.3 Å². The van der Waals surface area contributed by atoms with Crippen molar-refractivity contribution in [3.8, 4) is 0 Å². The van der Waals surface area contributed by atoms with E-state index in [9.17, 15) is 22.4 Å². The molecule has 0 aliphatic carbocycles. The quantitative estimate of drug-likeness (QED) is 0.344. The molecule has 0 aromatic heterocycles. The first-order valence-corrected chi connectivity index (χ1v) is 8.32. The minimum Gasteiger partial charge on any atom is -0.402 e. The smallest absolute Gasteiger partial charge is 0.332 e. The van der Waals surface area contributed by atoms with Crippen LogP contribution in [0.3, 0.4) is 0 Å².